The number of likely N-dealkylation sites (N-methyl/N-ethyl adjacent to an activating group) is 1. The van der Waals surface area contributed by atoms with Gasteiger partial charge in [-0.2, -0.15) is 0 Å². The third-order valence-electron chi connectivity index (χ3n) is 17.2. The molecule has 0 saturated carbocycles. The van der Waals surface area contributed by atoms with Crippen LogP contribution in [0.4, 0.5) is 0 Å². The number of H-pyrrole nitrogens is 1. The second-order valence-corrected chi connectivity index (χ2v) is 28.1. The van der Waals surface area contributed by atoms with Gasteiger partial charge in [0.25, 0.3) is 0 Å². The van der Waals surface area contributed by atoms with Crippen LogP contribution in [0.5, 0.6) is 11.5 Å². The molecule has 105 heavy (non-hydrogen) atoms. The number of fused-ring (bicyclic) bond motifs is 1. The number of carbonyl (C=O) groups is 14. The highest BCUT2D eigenvalue weighted by molar-refractivity contribution is 8.76. The molecule has 0 bridgehead atoms. The maximum absolute atomic E-state index is 15.1. The van der Waals surface area contributed by atoms with Crippen LogP contribution in [0.2, 0.25) is 0 Å². The van der Waals surface area contributed by atoms with Gasteiger partial charge in [0.2, 0.25) is 76.8 Å². The molecule has 37 heteroatoms. The van der Waals surface area contributed by atoms with Gasteiger partial charge in [-0.15, -0.1) is 0 Å². The van der Waals surface area contributed by atoms with E-state index in [-0.39, 0.29) is 87.7 Å². The van der Waals surface area contributed by atoms with E-state index in [1.54, 1.807) is 44.3 Å². The molecule has 23 N–H and O–H groups in total. The zero-order valence-electron chi connectivity index (χ0n) is 58.3. The Morgan fingerprint density at radius 2 is 1.26 bits per heavy atom. The van der Waals surface area contributed by atoms with Gasteiger partial charge in [0.05, 0.1) is 0 Å². The number of aliphatic carboxylic acids is 1. The van der Waals surface area contributed by atoms with E-state index >= 15 is 4.79 Å². The number of hydrogen-bond donors (Lipinski definition) is 20. The van der Waals surface area contributed by atoms with Crippen molar-refractivity contribution in [1.29, 1.82) is 5.41 Å². The number of primary amides is 1. The number of nitrogens with two attached hydrogens (primary N) is 3. The highest BCUT2D eigenvalue weighted by atomic mass is 33.1. The molecular formula is C68H94N18O17S2. The first kappa shape index (κ1) is 83.3. The lowest BCUT2D eigenvalue weighted by atomic mass is 10.00. The molecular weight excluding hydrogens is 1400 g/mol. The molecule has 0 spiro atoms. The maximum atomic E-state index is 15.1. The summed E-state index contributed by atoms with van der Waals surface area (Å²) in [6.07, 6.45) is -1.29. The molecule has 1 aromatic heterocycles. The molecule has 3 heterocycles. The third kappa shape index (κ3) is 26.8. The number of hydrogen-bond acceptors (Lipinski definition) is 20. The van der Waals surface area contributed by atoms with Gasteiger partial charge >= 0.3 is 5.97 Å². The molecule has 2 saturated heterocycles. The monoisotopic (exact) mass is 1500 g/mol. The standard InChI is InChI=1S/C68H94N18O17S2/c1-36(2)57-67(103)82-48(31-38-14-18-41(88)19-15-38)62(98)78-44(10-6-27-75-68(71)72)59(95)74-28-25-54(90)77-45(20-22-53(70)89)60(96)80-49(32-39-33-76-43-9-5-4-8-42(39)43)64(100)79-46(21-23-56(92)93)61(97)83-50(58(94)73-3)34-104-105-35-51(65(101)85-57)84-63(99)47(30-37-12-16-40(87)17-13-37)81-66(102)52-11-7-29-86(52)55(91)24-26-69/h4-5,8-9,12-19,33,36,44-52,57,76,87-88H,6-7,10-11,20-32,34-35,69H2,1-3H3,(H2,70,89)(H,73,94)(H,74,95)(H,77,90)(H,78,98)(H,79,100)(H,80,96)(H,81,102)(H,82,103)(H,83,97)(H,84,99)(H,85,101)(H,92,93)(H4,71,72,75)/t44-,45-,46-,47-,48-,49-,50+,51-,52-,57-/m0/s1. The number of guanidine groups is 1. The molecule has 6 rings (SSSR count). The van der Waals surface area contributed by atoms with Crippen molar-refractivity contribution in [3.05, 3.63) is 95.7 Å². The first-order valence-corrected chi connectivity index (χ1v) is 36.7. The Balaban J connectivity index is 1.42. The van der Waals surface area contributed by atoms with Gasteiger partial charge in [0, 0.05) is 107 Å². The Bertz CT molecular complexity index is 3750. The quantitative estimate of drug-likeness (QED) is 0.0144. The van der Waals surface area contributed by atoms with Gasteiger partial charge in [0.15, 0.2) is 5.96 Å². The fourth-order valence-electron chi connectivity index (χ4n) is 11.5. The van der Waals surface area contributed by atoms with E-state index < -0.39 is 194 Å². The largest absolute Gasteiger partial charge is 0.508 e. The number of phenolic OH excluding ortho intramolecular Hbond substituents is 2. The minimum Gasteiger partial charge on any atom is -0.508 e. The van der Waals surface area contributed by atoms with Crippen molar-refractivity contribution in [3.8, 4) is 11.5 Å². The van der Waals surface area contributed by atoms with Crippen molar-refractivity contribution in [2.45, 2.75) is 158 Å². The van der Waals surface area contributed by atoms with E-state index in [0.29, 0.717) is 34.0 Å². The molecule has 2 aliphatic rings. The molecule has 2 fully saturated rings. The van der Waals surface area contributed by atoms with E-state index in [2.05, 4.69) is 68.8 Å². The average Bonchev–Trinajstić information content (AvgIpc) is 1.65. The van der Waals surface area contributed by atoms with Crippen LogP contribution in [-0.2, 0) is 86.4 Å². The van der Waals surface area contributed by atoms with Crippen LogP contribution in [0.25, 0.3) is 10.9 Å². The number of aromatic nitrogens is 1. The molecule has 570 valence electrons. The number of phenols is 2. The predicted molar refractivity (Wildman–Crippen MR) is 387 cm³/mol. The van der Waals surface area contributed by atoms with Gasteiger partial charge in [-0.05, 0) is 91.5 Å². The molecule has 0 radical (unpaired) electrons. The highest BCUT2D eigenvalue weighted by Gasteiger charge is 2.39. The summed E-state index contributed by atoms with van der Waals surface area (Å²) in [5.41, 5.74) is 18.7. The van der Waals surface area contributed by atoms with Gasteiger partial charge in [0.1, 0.15) is 71.9 Å². The topological polar surface area (TPSA) is 565 Å². The minimum atomic E-state index is -1.72. The van der Waals surface area contributed by atoms with Crippen LogP contribution in [0, 0.1) is 11.3 Å². The number of amides is 13. The van der Waals surface area contributed by atoms with Crippen LogP contribution < -0.4 is 81.0 Å². The molecule has 2 aliphatic heterocycles. The maximum Gasteiger partial charge on any atom is 0.303 e. The van der Waals surface area contributed by atoms with Crippen LogP contribution >= 0.6 is 21.6 Å². The van der Waals surface area contributed by atoms with Gasteiger partial charge < -0.3 is 106 Å². The van der Waals surface area contributed by atoms with Crippen LogP contribution in [0.1, 0.15) is 94.7 Å². The molecule has 4 aromatic rings. The second-order valence-electron chi connectivity index (χ2n) is 25.5. The fraction of sp³-hybridized carbons (Fsp3) is 0.485. The number of carbonyl (C=O) groups excluding carboxylic acids is 13. The molecule has 35 nitrogen and oxygen atoms in total. The summed E-state index contributed by atoms with van der Waals surface area (Å²) in [7, 11) is 3.04. The van der Waals surface area contributed by atoms with Crippen molar-refractivity contribution in [2.75, 3.05) is 44.7 Å². The lowest BCUT2D eigenvalue weighted by molar-refractivity contribution is -0.139. The average molecular weight is 1500 g/mol. The molecule has 0 aliphatic carbocycles. The Morgan fingerprint density at radius 3 is 1.90 bits per heavy atom. The van der Waals surface area contributed by atoms with Gasteiger partial charge in [-0.3, -0.25) is 72.5 Å². The molecule has 0 unspecified atom stereocenters. The van der Waals surface area contributed by atoms with Crippen LogP contribution in [0.15, 0.2) is 79.0 Å². The first-order chi connectivity index (χ1) is 50.0. The number of carboxylic acid groups (broad SMARTS) is 1. The minimum absolute atomic E-state index is 0.00952. The third-order valence-corrected chi connectivity index (χ3v) is 19.6. The lowest BCUT2D eigenvalue weighted by Crippen LogP contribution is -2.61. The fourth-order valence-corrected chi connectivity index (χ4v) is 13.8. The number of rotatable bonds is 24. The van der Waals surface area contributed by atoms with E-state index in [4.69, 9.17) is 22.6 Å². The number of likely N-dealkylation sites (tertiary alicyclic amines) is 1. The Labute approximate surface area is 612 Å². The number of nitrogens with one attached hydrogen (secondary N) is 14. The zero-order valence-corrected chi connectivity index (χ0v) is 60.0. The van der Waals surface area contributed by atoms with Crippen molar-refractivity contribution in [1.82, 2.24) is 73.7 Å². The molecule has 3 aromatic carbocycles. The summed E-state index contributed by atoms with van der Waals surface area (Å²) in [5.74, 6) is -14.9. The number of benzene rings is 3. The SMILES string of the molecule is CNC(=O)[C@H]1CSSC[C@H](NC(=O)[C@H](Cc2ccc(O)cc2)NC(=O)[C@@H]2CCCN2C(=O)CCN)C(=O)N[C@@H](C(C)C)C(=O)N[C@@H](Cc2ccc(O)cc2)C(=O)N[C@@H](CCCNC(=N)N)C(=O)NCCC(=O)N[C@@H](CCC(N)=O)C(=O)N[C@@H](Cc2c[nH]c3ccccc23)C(=O)N[C@@H](CCC(=O)O)C(=O)N1. The summed E-state index contributed by atoms with van der Waals surface area (Å²) in [6.45, 7) is 2.98. The predicted octanol–water partition coefficient (Wildman–Crippen LogP) is -2.99. The van der Waals surface area contributed by atoms with E-state index in [9.17, 15) is 77.6 Å². The number of nitrogens with zero attached hydrogens (tertiary/aromatic N) is 1. The highest BCUT2D eigenvalue weighted by Crippen LogP contribution is 2.26. The number of aromatic amines is 1. The van der Waals surface area contributed by atoms with Crippen molar-refractivity contribution in [2.24, 2.45) is 23.1 Å². The van der Waals surface area contributed by atoms with Gasteiger partial charge in [-0.25, -0.2) is 0 Å². The summed E-state index contributed by atoms with van der Waals surface area (Å²) >= 11 is 0. The number of carboxylic acids is 1. The normalized spacial score (nSPS) is 22.0. The van der Waals surface area contributed by atoms with Crippen molar-refractivity contribution in [3.63, 3.8) is 0 Å². The Kier molecular flexibility index (Phi) is 33.0. The number of para-hydroxylation sites is 1. The van der Waals surface area contributed by atoms with E-state index in [0.717, 1.165) is 21.6 Å². The van der Waals surface area contributed by atoms with Crippen molar-refractivity contribution >= 4 is 121 Å². The van der Waals surface area contributed by atoms with Gasteiger partial charge in [-0.1, -0.05) is 77.9 Å². The molecule has 13 amide bonds. The van der Waals surface area contributed by atoms with E-state index in [1.807, 2.05) is 0 Å². The summed E-state index contributed by atoms with van der Waals surface area (Å²) in [5, 5.41) is 69.8. The molecule has 10 atom stereocenters. The summed E-state index contributed by atoms with van der Waals surface area (Å²) in [4.78, 5) is 201. The smallest absolute Gasteiger partial charge is 0.303 e. The summed E-state index contributed by atoms with van der Waals surface area (Å²) < 4.78 is 0. The Hall–Kier alpha value is -10.7. The lowest BCUT2D eigenvalue weighted by Gasteiger charge is -2.29. The van der Waals surface area contributed by atoms with Crippen molar-refractivity contribution < 1.29 is 82.4 Å². The first-order valence-electron chi connectivity index (χ1n) is 34.2. The summed E-state index contributed by atoms with van der Waals surface area (Å²) in [6, 6.07) is 3.22. The van der Waals surface area contributed by atoms with Crippen LogP contribution in [0.3, 0.4) is 0 Å². The van der Waals surface area contributed by atoms with Crippen LogP contribution in [-0.4, -0.2) is 219 Å². The second kappa shape index (κ2) is 41.6. The Morgan fingerprint density at radius 1 is 0.667 bits per heavy atom. The zero-order chi connectivity index (χ0) is 76.9. The number of aromatic hydroxyl groups is 2. The van der Waals surface area contributed by atoms with E-state index in [1.165, 1.54) is 60.5 Å².